The summed E-state index contributed by atoms with van der Waals surface area (Å²) in [6, 6.07) is 23.9. The second kappa shape index (κ2) is 8.80. The number of carbonyl (C=O) groups is 1. The van der Waals surface area contributed by atoms with Crippen LogP contribution in [0.15, 0.2) is 78.9 Å². The number of aliphatic hydroxyl groups excluding tert-OH is 1. The van der Waals surface area contributed by atoms with Crippen molar-refractivity contribution in [2.75, 3.05) is 13.2 Å². The van der Waals surface area contributed by atoms with Crippen molar-refractivity contribution in [3.8, 4) is 22.8 Å². The fourth-order valence-corrected chi connectivity index (χ4v) is 4.28. The van der Waals surface area contributed by atoms with Crippen LogP contribution in [0.4, 0.5) is 0 Å². The highest BCUT2D eigenvalue weighted by molar-refractivity contribution is 6.00. The molecule has 0 bridgehead atoms. The smallest absolute Gasteiger partial charge is 0.273 e. The number of ether oxygens (including phenoxy) is 1. The number of phenols is 1. The van der Waals surface area contributed by atoms with Gasteiger partial charge in [0.1, 0.15) is 29.5 Å². The van der Waals surface area contributed by atoms with E-state index in [1.807, 2.05) is 60.7 Å². The topological polar surface area (TPSA) is 98.7 Å². The third kappa shape index (κ3) is 3.83. The number of aromatic hydroxyl groups is 1. The van der Waals surface area contributed by atoms with Gasteiger partial charge in [-0.3, -0.25) is 9.89 Å². The molecule has 1 aliphatic heterocycles. The van der Waals surface area contributed by atoms with Gasteiger partial charge >= 0.3 is 0 Å². The second-order valence-electron chi connectivity index (χ2n) is 7.85. The zero-order valence-electron chi connectivity index (χ0n) is 17.8. The van der Waals surface area contributed by atoms with E-state index in [1.165, 1.54) is 0 Å². The number of benzene rings is 3. The van der Waals surface area contributed by atoms with Crippen LogP contribution < -0.4 is 4.74 Å². The molecule has 3 N–H and O–H groups in total. The number of carbonyl (C=O) groups excluding carboxylic acids is 1. The lowest BCUT2D eigenvalue weighted by molar-refractivity contribution is 0.0706. The number of fused-ring (bicyclic) bond motifs is 1. The molecule has 1 atom stereocenters. The van der Waals surface area contributed by atoms with Crippen LogP contribution in [0.3, 0.4) is 0 Å². The lowest BCUT2D eigenvalue weighted by Gasteiger charge is -2.26. The number of hydrogen-bond donors (Lipinski definition) is 3. The number of nitrogens with zero attached hydrogens (tertiary/aromatic N) is 2. The predicted octanol–water partition coefficient (Wildman–Crippen LogP) is 3.90. The van der Waals surface area contributed by atoms with Crippen LogP contribution in [0.1, 0.15) is 33.2 Å². The van der Waals surface area contributed by atoms with E-state index in [2.05, 4.69) is 10.2 Å². The molecule has 166 valence electrons. The summed E-state index contributed by atoms with van der Waals surface area (Å²) >= 11 is 0. The highest BCUT2D eigenvalue weighted by atomic mass is 16.5. The van der Waals surface area contributed by atoms with Crippen molar-refractivity contribution in [3.05, 3.63) is 101 Å². The van der Waals surface area contributed by atoms with Gasteiger partial charge in [-0.05, 0) is 35.4 Å². The molecule has 33 heavy (non-hydrogen) atoms. The molecule has 1 aliphatic rings. The highest BCUT2D eigenvalue weighted by Gasteiger charge is 2.42. The molecule has 7 heteroatoms. The minimum atomic E-state index is -0.478. The Balaban J connectivity index is 1.54. The van der Waals surface area contributed by atoms with E-state index in [1.54, 1.807) is 23.1 Å². The number of nitrogens with one attached hydrogen (secondary N) is 1. The number of amides is 1. The second-order valence-corrected chi connectivity index (χ2v) is 7.85. The molecule has 0 saturated heterocycles. The molecule has 4 aromatic rings. The molecule has 3 aromatic carbocycles. The SMILES string of the molecule is O=C1c2[nH]nc(-c3ccccc3O)c2[C@H](c2cccc(OCc3ccccc3)c2)N1CCO. The number of H-pyrrole nitrogens is 1. The molecule has 1 amide bonds. The third-order valence-corrected chi connectivity index (χ3v) is 5.79. The fraction of sp³-hybridized carbons (Fsp3) is 0.154. The highest BCUT2D eigenvalue weighted by Crippen LogP contribution is 2.44. The van der Waals surface area contributed by atoms with Gasteiger partial charge in [0.2, 0.25) is 0 Å². The lowest BCUT2D eigenvalue weighted by Crippen LogP contribution is -2.32. The number of rotatable bonds is 7. The first-order chi connectivity index (χ1) is 16.2. The number of β-amino-alcohol motifs (C(OH)–C–C–N with tert-alkyl or cyclic N) is 1. The van der Waals surface area contributed by atoms with Gasteiger partial charge in [0.05, 0.1) is 12.6 Å². The van der Waals surface area contributed by atoms with Crippen LogP contribution in [0, 0.1) is 0 Å². The van der Waals surface area contributed by atoms with E-state index >= 15 is 0 Å². The van der Waals surface area contributed by atoms with Crippen molar-refractivity contribution >= 4 is 5.91 Å². The number of para-hydroxylation sites is 1. The van der Waals surface area contributed by atoms with E-state index in [-0.39, 0.29) is 24.8 Å². The zero-order valence-corrected chi connectivity index (χ0v) is 17.8. The van der Waals surface area contributed by atoms with E-state index in [4.69, 9.17) is 4.74 Å². The standard InChI is InChI=1S/C26H23N3O4/c30-14-13-29-25(18-9-6-10-19(15-18)33-16-17-7-2-1-3-8-17)22-23(27-28-24(22)26(29)32)20-11-4-5-12-21(20)31/h1-12,15,25,30-31H,13-14,16H2,(H,27,28)/t25-/m0/s1. The normalized spacial score (nSPS) is 15.0. The maximum atomic E-state index is 13.1. The molecule has 0 spiro atoms. The first kappa shape index (κ1) is 20.8. The summed E-state index contributed by atoms with van der Waals surface area (Å²) in [7, 11) is 0. The number of hydrogen-bond acceptors (Lipinski definition) is 5. The maximum absolute atomic E-state index is 13.1. The minimum Gasteiger partial charge on any atom is -0.507 e. The molecule has 2 heterocycles. The van der Waals surface area contributed by atoms with Gasteiger partial charge < -0.3 is 19.8 Å². The Morgan fingerprint density at radius 1 is 1.00 bits per heavy atom. The van der Waals surface area contributed by atoms with Crippen molar-refractivity contribution in [3.63, 3.8) is 0 Å². The van der Waals surface area contributed by atoms with Crippen LogP contribution in [-0.4, -0.2) is 44.4 Å². The van der Waals surface area contributed by atoms with Crippen LogP contribution in [0.5, 0.6) is 11.5 Å². The maximum Gasteiger partial charge on any atom is 0.273 e. The fourth-order valence-electron chi connectivity index (χ4n) is 4.28. The van der Waals surface area contributed by atoms with Gasteiger partial charge in [-0.1, -0.05) is 54.6 Å². The Bertz CT molecular complexity index is 1290. The Morgan fingerprint density at radius 3 is 2.58 bits per heavy atom. The summed E-state index contributed by atoms with van der Waals surface area (Å²) in [5.74, 6) is 0.515. The summed E-state index contributed by atoms with van der Waals surface area (Å²) in [6.07, 6.45) is 0. The molecule has 0 radical (unpaired) electrons. The summed E-state index contributed by atoms with van der Waals surface area (Å²) in [5, 5.41) is 27.3. The van der Waals surface area contributed by atoms with Gasteiger partial charge in [0.25, 0.3) is 5.91 Å². The van der Waals surface area contributed by atoms with Gasteiger partial charge in [-0.25, -0.2) is 0 Å². The Hall–Kier alpha value is -4.10. The number of aromatic amines is 1. The lowest BCUT2D eigenvalue weighted by atomic mass is 9.95. The summed E-state index contributed by atoms with van der Waals surface area (Å²) < 4.78 is 6.00. The number of aromatic nitrogens is 2. The van der Waals surface area contributed by atoms with Gasteiger partial charge in [0.15, 0.2) is 0 Å². The molecular formula is C26H23N3O4. The molecule has 0 fully saturated rings. The van der Waals surface area contributed by atoms with Crippen molar-refractivity contribution in [1.29, 1.82) is 0 Å². The van der Waals surface area contributed by atoms with Gasteiger partial charge in [-0.15, -0.1) is 0 Å². The molecule has 0 saturated carbocycles. The average molecular weight is 441 g/mol. The summed E-state index contributed by atoms with van der Waals surface area (Å²) in [5.41, 5.74) is 3.98. The van der Waals surface area contributed by atoms with Crippen molar-refractivity contribution in [1.82, 2.24) is 15.1 Å². The van der Waals surface area contributed by atoms with E-state index < -0.39 is 6.04 Å². The van der Waals surface area contributed by atoms with Crippen molar-refractivity contribution in [2.45, 2.75) is 12.6 Å². The summed E-state index contributed by atoms with van der Waals surface area (Å²) in [4.78, 5) is 14.8. The van der Waals surface area contributed by atoms with Crippen molar-refractivity contribution < 1.29 is 19.7 Å². The van der Waals surface area contributed by atoms with Crippen LogP contribution in [0.2, 0.25) is 0 Å². The molecule has 0 aliphatic carbocycles. The predicted molar refractivity (Wildman–Crippen MR) is 123 cm³/mol. The first-order valence-corrected chi connectivity index (χ1v) is 10.7. The number of aliphatic hydroxyl groups is 1. The summed E-state index contributed by atoms with van der Waals surface area (Å²) in [6.45, 7) is 0.422. The van der Waals surface area contributed by atoms with E-state index in [0.717, 1.165) is 11.1 Å². The molecule has 1 aromatic heterocycles. The first-order valence-electron chi connectivity index (χ1n) is 10.7. The number of phenolic OH excluding ortho intramolecular Hbond substituents is 1. The third-order valence-electron chi connectivity index (χ3n) is 5.79. The molecule has 7 nitrogen and oxygen atoms in total. The molecule has 5 rings (SSSR count). The van der Waals surface area contributed by atoms with Crippen LogP contribution in [0.25, 0.3) is 11.3 Å². The quantitative estimate of drug-likeness (QED) is 0.404. The van der Waals surface area contributed by atoms with Gasteiger partial charge in [0, 0.05) is 17.7 Å². The van der Waals surface area contributed by atoms with Crippen LogP contribution >= 0.6 is 0 Å². The van der Waals surface area contributed by atoms with Crippen molar-refractivity contribution in [2.24, 2.45) is 0 Å². The monoisotopic (exact) mass is 441 g/mol. The zero-order chi connectivity index (χ0) is 22.8. The Morgan fingerprint density at radius 2 is 1.79 bits per heavy atom. The largest absolute Gasteiger partial charge is 0.507 e. The van der Waals surface area contributed by atoms with Gasteiger partial charge in [-0.2, -0.15) is 5.10 Å². The molecule has 0 unspecified atom stereocenters. The minimum absolute atomic E-state index is 0.0820. The Kier molecular flexibility index (Phi) is 5.54. The average Bonchev–Trinajstić information content (AvgIpc) is 3.38. The van der Waals surface area contributed by atoms with E-state index in [9.17, 15) is 15.0 Å². The molecular weight excluding hydrogens is 418 g/mol. The van der Waals surface area contributed by atoms with E-state index in [0.29, 0.717) is 34.9 Å². The Labute approximate surface area is 190 Å². The van der Waals surface area contributed by atoms with Crippen LogP contribution in [-0.2, 0) is 6.61 Å².